The fourth-order valence-corrected chi connectivity index (χ4v) is 4.38. The Morgan fingerprint density at radius 2 is 2.07 bits per heavy atom. The average Bonchev–Trinajstić information content (AvgIpc) is 3.43. The lowest BCUT2D eigenvalue weighted by Crippen LogP contribution is -2.42. The van der Waals surface area contributed by atoms with Crippen molar-refractivity contribution in [2.24, 2.45) is 0 Å². The van der Waals surface area contributed by atoms with E-state index in [1.165, 1.54) is 15.9 Å². The summed E-state index contributed by atoms with van der Waals surface area (Å²) in [6, 6.07) is 8.44. The highest BCUT2D eigenvalue weighted by molar-refractivity contribution is 7.17. The van der Waals surface area contributed by atoms with Crippen molar-refractivity contribution < 1.29 is 14.3 Å². The molecule has 0 saturated carbocycles. The molecule has 158 valence electrons. The minimum Gasteiger partial charge on any atom is -0.494 e. The van der Waals surface area contributed by atoms with Gasteiger partial charge in [0.2, 0.25) is 5.91 Å². The van der Waals surface area contributed by atoms with Gasteiger partial charge >= 0.3 is 5.69 Å². The molecule has 0 radical (unpaired) electrons. The fraction of sp³-hybridized carbons (Fsp3) is 0.381. The van der Waals surface area contributed by atoms with Gasteiger partial charge in [0, 0.05) is 13.2 Å². The van der Waals surface area contributed by atoms with E-state index >= 15 is 0 Å². The summed E-state index contributed by atoms with van der Waals surface area (Å²) in [6.45, 7) is 3.36. The number of nitrogens with one attached hydrogen (secondary N) is 1. The smallest absolute Gasteiger partial charge is 0.336 e. The molecule has 30 heavy (non-hydrogen) atoms. The summed E-state index contributed by atoms with van der Waals surface area (Å²) in [6.07, 6.45) is 1.92. The number of hydrogen-bond acceptors (Lipinski definition) is 6. The van der Waals surface area contributed by atoms with Crippen molar-refractivity contribution in [1.29, 1.82) is 0 Å². The number of amides is 1. The molecule has 1 amide bonds. The maximum atomic E-state index is 13.2. The second kappa shape index (κ2) is 8.85. The molecule has 1 N–H and O–H groups in total. The maximum Gasteiger partial charge on any atom is 0.336 e. The maximum absolute atomic E-state index is 13.2. The summed E-state index contributed by atoms with van der Waals surface area (Å²) in [5.74, 6) is 0.359. The summed E-state index contributed by atoms with van der Waals surface area (Å²) in [4.78, 5) is 38.7. The Morgan fingerprint density at radius 1 is 1.27 bits per heavy atom. The average molecular weight is 429 g/mol. The van der Waals surface area contributed by atoms with Gasteiger partial charge in [0.05, 0.1) is 23.9 Å². The molecule has 1 atom stereocenters. The molecule has 0 aliphatic carbocycles. The molecule has 9 heteroatoms. The molecule has 3 heterocycles. The van der Waals surface area contributed by atoms with Gasteiger partial charge < -0.3 is 14.8 Å². The minimum atomic E-state index is -0.553. The normalized spacial score (nSPS) is 16.1. The van der Waals surface area contributed by atoms with Crippen molar-refractivity contribution in [2.45, 2.75) is 32.4 Å². The number of aromatic nitrogens is 2. The number of rotatable bonds is 7. The van der Waals surface area contributed by atoms with Crippen LogP contribution < -0.4 is 21.3 Å². The van der Waals surface area contributed by atoms with E-state index in [2.05, 4.69) is 5.32 Å². The largest absolute Gasteiger partial charge is 0.494 e. The summed E-state index contributed by atoms with van der Waals surface area (Å²) < 4.78 is 13.8. The summed E-state index contributed by atoms with van der Waals surface area (Å²) in [5, 5.41) is 4.57. The van der Waals surface area contributed by atoms with E-state index in [0.29, 0.717) is 41.4 Å². The van der Waals surface area contributed by atoms with E-state index in [-0.39, 0.29) is 18.6 Å². The summed E-state index contributed by atoms with van der Waals surface area (Å²) in [5.41, 5.74) is -0.0609. The van der Waals surface area contributed by atoms with Crippen LogP contribution >= 0.6 is 11.3 Å². The van der Waals surface area contributed by atoms with E-state index in [4.69, 9.17) is 9.47 Å². The minimum absolute atomic E-state index is 0.0182. The van der Waals surface area contributed by atoms with Crippen LogP contribution in [-0.4, -0.2) is 40.9 Å². The second-order valence-corrected chi connectivity index (χ2v) is 7.93. The van der Waals surface area contributed by atoms with Crippen LogP contribution in [0.5, 0.6) is 5.75 Å². The lowest BCUT2D eigenvalue weighted by atomic mass is 10.2. The van der Waals surface area contributed by atoms with Gasteiger partial charge in [-0.05, 0) is 55.5 Å². The molecular formula is C21H23N3O5S. The SMILES string of the molecule is CCOc1ccc(-n2c(=O)c3sccc3n(CC(=O)NC[C@H]3CCCO3)c2=O)cc1. The van der Waals surface area contributed by atoms with Crippen molar-refractivity contribution in [3.8, 4) is 11.4 Å². The molecule has 8 nitrogen and oxygen atoms in total. The first kappa shape index (κ1) is 20.4. The van der Waals surface area contributed by atoms with Crippen LogP contribution in [0, 0.1) is 0 Å². The van der Waals surface area contributed by atoms with Crippen molar-refractivity contribution >= 4 is 27.5 Å². The molecule has 3 aromatic rings. The lowest BCUT2D eigenvalue weighted by Gasteiger charge is -2.14. The molecule has 2 aromatic heterocycles. The van der Waals surface area contributed by atoms with E-state index in [9.17, 15) is 14.4 Å². The highest BCUT2D eigenvalue weighted by atomic mass is 32.1. The third-order valence-electron chi connectivity index (χ3n) is 5.01. The standard InChI is InChI=1S/C21H23N3O5S/c1-2-28-15-7-5-14(6-8-15)24-20(26)19-17(9-11-30-19)23(21(24)27)13-18(25)22-12-16-4-3-10-29-16/h5-9,11,16H,2-4,10,12-13H2,1H3,(H,22,25)/t16-/m1/s1. The number of hydrogen-bond donors (Lipinski definition) is 1. The Balaban J connectivity index is 1.67. The number of fused-ring (bicyclic) bond motifs is 1. The van der Waals surface area contributed by atoms with Crippen LogP contribution in [0.2, 0.25) is 0 Å². The summed E-state index contributed by atoms with van der Waals surface area (Å²) in [7, 11) is 0. The number of carbonyl (C=O) groups is 1. The zero-order chi connectivity index (χ0) is 21.1. The Bertz CT molecular complexity index is 1160. The molecule has 1 fully saturated rings. The van der Waals surface area contributed by atoms with Gasteiger partial charge in [-0.3, -0.25) is 14.2 Å². The molecule has 0 bridgehead atoms. The van der Waals surface area contributed by atoms with Crippen LogP contribution in [0.15, 0.2) is 45.3 Å². The second-order valence-electron chi connectivity index (χ2n) is 7.01. The van der Waals surface area contributed by atoms with Crippen molar-refractivity contribution in [3.63, 3.8) is 0 Å². The third kappa shape index (κ3) is 4.03. The van der Waals surface area contributed by atoms with Crippen molar-refractivity contribution in [2.75, 3.05) is 19.8 Å². The highest BCUT2D eigenvalue weighted by Gasteiger charge is 2.19. The quantitative estimate of drug-likeness (QED) is 0.620. The first-order valence-corrected chi connectivity index (χ1v) is 10.8. The zero-order valence-corrected chi connectivity index (χ0v) is 17.4. The Kier molecular flexibility index (Phi) is 6.01. The molecule has 1 saturated heterocycles. The van der Waals surface area contributed by atoms with Gasteiger partial charge in [0.15, 0.2) is 0 Å². The van der Waals surface area contributed by atoms with E-state index in [0.717, 1.165) is 17.4 Å². The Labute approximate surface area is 176 Å². The topological polar surface area (TPSA) is 91.6 Å². The lowest BCUT2D eigenvalue weighted by molar-refractivity contribution is -0.122. The van der Waals surface area contributed by atoms with E-state index in [1.807, 2.05) is 6.92 Å². The molecule has 1 aliphatic rings. The zero-order valence-electron chi connectivity index (χ0n) is 16.6. The van der Waals surface area contributed by atoms with E-state index in [1.54, 1.807) is 35.7 Å². The Morgan fingerprint density at radius 3 is 2.77 bits per heavy atom. The molecule has 0 unspecified atom stereocenters. The van der Waals surface area contributed by atoms with Gasteiger partial charge in [-0.25, -0.2) is 9.36 Å². The predicted octanol–water partition coefficient (Wildman–Crippen LogP) is 1.91. The third-order valence-corrected chi connectivity index (χ3v) is 5.90. The van der Waals surface area contributed by atoms with Crippen LogP contribution in [-0.2, 0) is 16.1 Å². The van der Waals surface area contributed by atoms with Gasteiger partial charge in [0.1, 0.15) is 17.0 Å². The van der Waals surface area contributed by atoms with Crippen LogP contribution in [0.4, 0.5) is 0 Å². The molecule has 4 rings (SSSR count). The number of nitrogens with zero attached hydrogens (tertiary/aromatic N) is 2. The predicted molar refractivity (Wildman–Crippen MR) is 115 cm³/mol. The first-order chi connectivity index (χ1) is 14.6. The van der Waals surface area contributed by atoms with E-state index < -0.39 is 11.2 Å². The van der Waals surface area contributed by atoms with Gasteiger partial charge in [-0.2, -0.15) is 0 Å². The Hall–Kier alpha value is -2.91. The number of benzene rings is 1. The van der Waals surface area contributed by atoms with Gasteiger partial charge in [-0.15, -0.1) is 11.3 Å². The molecule has 1 aromatic carbocycles. The van der Waals surface area contributed by atoms with Gasteiger partial charge in [-0.1, -0.05) is 0 Å². The molecule has 0 spiro atoms. The number of carbonyl (C=O) groups excluding carboxylic acids is 1. The fourth-order valence-electron chi connectivity index (χ4n) is 3.56. The number of ether oxygens (including phenoxy) is 2. The summed E-state index contributed by atoms with van der Waals surface area (Å²) >= 11 is 1.25. The van der Waals surface area contributed by atoms with Crippen LogP contribution in [0.25, 0.3) is 15.9 Å². The van der Waals surface area contributed by atoms with Crippen LogP contribution in [0.1, 0.15) is 19.8 Å². The van der Waals surface area contributed by atoms with Crippen molar-refractivity contribution in [1.82, 2.24) is 14.5 Å². The van der Waals surface area contributed by atoms with Crippen molar-refractivity contribution in [3.05, 3.63) is 56.5 Å². The highest BCUT2D eigenvalue weighted by Crippen LogP contribution is 2.18. The first-order valence-electron chi connectivity index (χ1n) is 9.93. The van der Waals surface area contributed by atoms with Crippen LogP contribution in [0.3, 0.4) is 0 Å². The number of thiophene rings is 1. The molecular weight excluding hydrogens is 406 g/mol. The monoisotopic (exact) mass is 429 g/mol. The molecule has 1 aliphatic heterocycles. The van der Waals surface area contributed by atoms with Gasteiger partial charge in [0.25, 0.3) is 5.56 Å².